The molecule has 2 aromatic rings. The molecule has 0 atom stereocenters. The Bertz CT molecular complexity index is 523. The van der Waals surface area contributed by atoms with Gasteiger partial charge in [-0.15, -0.1) is 0 Å². The van der Waals surface area contributed by atoms with Crippen LogP contribution in [0.4, 0.5) is 11.5 Å². The number of nitrogens with zero attached hydrogens (tertiary/aromatic N) is 2. The first-order chi connectivity index (χ1) is 8.70. The van der Waals surface area contributed by atoms with Crippen LogP contribution in [0.1, 0.15) is 31.2 Å². The molecular weight excluding hydrogens is 224 g/mol. The molecule has 0 bridgehead atoms. The van der Waals surface area contributed by atoms with Crippen molar-refractivity contribution in [2.75, 3.05) is 5.32 Å². The van der Waals surface area contributed by atoms with Crippen molar-refractivity contribution < 1.29 is 0 Å². The second-order valence-electron chi connectivity index (χ2n) is 4.43. The second-order valence-corrected chi connectivity index (χ2v) is 4.43. The van der Waals surface area contributed by atoms with E-state index >= 15 is 0 Å². The monoisotopic (exact) mass is 242 g/mol. The third-order valence-electron chi connectivity index (χ3n) is 2.73. The summed E-state index contributed by atoms with van der Waals surface area (Å²) in [7, 11) is 0. The van der Waals surface area contributed by atoms with E-state index in [1.807, 2.05) is 18.2 Å². The van der Waals surface area contributed by atoms with Crippen LogP contribution in [-0.4, -0.2) is 9.97 Å². The number of hydrogen-bond donors (Lipinski definition) is 2. The Kier molecular flexibility index (Phi) is 3.89. The molecule has 18 heavy (non-hydrogen) atoms. The van der Waals surface area contributed by atoms with Gasteiger partial charge in [-0.2, -0.15) is 0 Å². The highest BCUT2D eigenvalue weighted by molar-refractivity contribution is 5.61. The van der Waals surface area contributed by atoms with Crippen LogP contribution in [0.2, 0.25) is 0 Å². The number of rotatable bonds is 4. The molecule has 0 unspecified atom stereocenters. The van der Waals surface area contributed by atoms with Crippen molar-refractivity contribution in [2.45, 2.75) is 26.3 Å². The minimum atomic E-state index is 0.349. The lowest BCUT2D eigenvalue weighted by molar-refractivity contribution is 0.867. The fraction of sp³-hybridized carbons (Fsp3) is 0.286. The van der Waals surface area contributed by atoms with Gasteiger partial charge in [0.1, 0.15) is 11.6 Å². The lowest BCUT2D eigenvalue weighted by Gasteiger charge is -2.14. The van der Waals surface area contributed by atoms with E-state index < -0.39 is 0 Å². The molecule has 0 radical (unpaired) electrons. The Morgan fingerprint density at radius 3 is 2.72 bits per heavy atom. The van der Waals surface area contributed by atoms with E-state index in [1.54, 1.807) is 6.20 Å². The van der Waals surface area contributed by atoms with Crippen LogP contribution in [0.25, 0.3) is 0 Å². The van der Waals surface area contributed by atoms with Gasteiger partial charge in [0, 0.05) is 11.9 Å². The average Bonchev–Trinajstić information content (AvgIpc) is 2.39. The number of nitrogens with two attached hydrogens (primary N) is 1. The summed E-state index contributed by atoms with van der Waals surface area (Å²) in [5.41, 5.74) is 7.88. The molecule has 94 valence electrons. The molecular formula is C14H18N4. The molecule has 0 spiro atoms. The Morgan fingerprint density at radius 2 is 2.00 bits per heavy atom. The molecule has 0 aliphatic heterocycles. The van der Waals surface area contributed by atoms with Gasteiger partial charge >= 0.3 is 0 Å². The van der Waals surface area contributed by atoms with Crippen molar-refractivity contribution in [3.05, 3.63) is 47.9 Å². The van der Waals surface area contributed by atoms with Crippen molar-refractivity contribution >= 4 is 11.5 Å². The molecule has 4 heteroatoms. The van der Waals surface area contributed by atoms with Crippen LogP contribution in [0.5, 0.6) is 0 Å². The molecule has 1 aromatic heterocycles. The van der Waals surface area contributed by atoms with Gasteiger partial charge < -0.3 is 11.1 Å². The highest BCUT2D eigenvalue weighted by Crippen LogP contribution is 2.25. The zero-order chi connectivity index (χ0) is 13.0. The highest BCUT2D eigenvalue weighted by Gasteiger charge is 2.06. The summed E-state index contributed by atoms with van der Waals surface area (Å²) in [6.45, 7) is 4.69. The molecule has 1 aromatic carbocycles. The van der Waals surface area contributed by atoms with E-state index in [4.69, 9.17) is 5.73 Å². The largest absolute Gasteiger partial charge is 0.340 e. The Balaban J connectivity index is 2.28. The lowest BCUT2D eigenvalue weighted by Crippen LogP contribution is -2.05. The molecule has 0 saturated carbocycles. The highest BCUT2D eigenvalue weighted by atomic mass is 15.0. The SMILES string of the molecule is CC(C)c1ccccc1Nc1ccnc(CN)n1. The van der Waals surface area contributed by atoms with Crippen LogP contribution < -0.4 is 11.1 Å². The fourth-order valence-corrected chi connectivity index (χ4v) is 1.82. The molecule has 0 aliphatic carbocycles. The average molecular weight is 242 g/mol. The van der Waals surface area contributed by atoms with Crippen molar-refractivity contribution in [1.29, 1.82) is 0 Å². The summed E-state index contributed by atoms with van der Waals surface area (Å²) >= 11 is 0. The molecule has 2 rings (SSSR count). The van der Waals surface area contributed by atoms with Gasteiger partial charge in [-0.1, -0.05) is 32.0 Å². The molecule has 0 amide bonds. The summed E-state index contributed by atoms with van der Waals surface area (Å²) in [6.07, 6.45) is 1.72. The normalized spacial score (nSPS) is 10.7. The number of benzene rings is 1. The van der Waals surface area contributed by atoms with E-state index in [0.717, 1.165) is 11.5 Å². The van der Waals surface area contributed by atoms with Gasteiger partial charge in [0.25, 0.3) is 0 Å². The Labute approximate surface area is 107 Å². The van der Waals surface area contributed by atoms with Gasteiger partial charge in [0.05, 0.1) is 6.54 Å². The first-order valence-electron chi connectivity index (χ1n) is 6.08. The first kappa shape index (κ1) is 12.5. The zero-order valence-electron chi connectivity index (χ0n) is 10.7. The van der Waals surface area contributed by atoms with E-state index in [-0.39, 0.29) is 0 Å². The lowest BCUT2D eigenvalue weighted by atomic mass is 10.0. The minimum Gasteiger partial charge on any atom is -0.340 e. The standard InChI is InChI=1S/C14H18N4/c1-10(2)11-5-3-4-6-12(11)17-13-7-8-16-14(9-15)18-13/h3-8,10H,9,15H2,1-2H3,(H,16,17,18). The third-order valence-corrected chi connectivity index (χ3v) is 2.73. The van der Waals surface area contributed by atoms with Gasteiger partial charge in [-0.05, 0) is 23.6 Å². The number of aromatic nitrogens is 2. The smallest absolute Gasteiger partial charge is 0.144 e. The van der Waals surface area contributed by atoms with Crippen LogP contribution in [0.3, 0.4) is 0 Å². The molecule has 0 fully saturated rings. The summed E-state index contributed by atoms with van der Waals surface area (Å²) in [5.74, 6) is 1.88. The number of anilines is 2. The van der Waals surface area contributed by atoms with E-state index in [9.17, 15) is 0 Å². The molecule has 3 N–H and O–H groups in total. The van der Waals surface area contributed by atoms with Gasteiger partial charge in [0.2, 0.25) is 0 Å². The predicted molar refractivity (Wildman–Crippen MR) is 73.7 cm³/mol. The van der Waals surface area contributed by atoms with E-state index in [1.165, 1.54) is 5.56 Å². The fourth-order valence-electron chi connectivity index (χ4n) is 1.82. The summed E-state index contributed by atoms with van der Waals surface area (Å²) in [6, 6.07) is 10.1. The van der Waals surface area contributed by atoms with Gasteiger partial charge in [0.15, 0.2) is 0 Å². The molecule has 0 saturated heterocycles. The summed E-state index contributed by atoms with van der Waals surface area (Å²) in [5, 5.41) is 3.32. The summed E-state index contributed by atoms with van der Waals surface area (Å²) < 4.78 is 0. The quantitative estimate of drug-likeness (QED) is 0.865. The van der Waals surface area contributed by atoms with Crippen molar-refractivity contribution in [3.63, 3.8) is 0 Å². The number of para-hydroxylation sites is 1. The Hall–Kier alpha value is -1.94. The maximum Gasteiger partial charge on any atom is 0.144 e. The van der Waals surface area contributed by atoms with E-state index in [0.29, 0.717) is 18.3 Å². The maximum absolute atomic E-state index is 5.54. The number of hydrogen-bond acceptors (Lipinski definition) is 4. The van der Waals surface area contributed by atoms with Crippen molar-refractivity contribution in [3.8, 4) is 0 Å². The van der Waals surface area contributed by atoms with Crippen LogP contribution in [-0.2, 0) is 6.54 Å². The molecule has 1 heterocycles. The van der Waals surface area contributed by atoms with Gasteiger partial charge in [-0.25, -0.2) is 9.97 Å². The van der Waals surface area contributed by atoms with E-state index in [2.05, 4.69) is 41.3 Å². The summed E-state index contributed by atoms with van der Waals surface area (Å²) in [4.78, 5) is 8.42. The second kappa shape index (κ2) is 5.60. The Morgan fingerprint density at radius 1 is 1.22 bits per heavy atom. The van der Waals surface area contributed by atoms with Gasteiger partial charge in [-0.3, -0.25) is 0 Å². The number of nitrogens with one attached hydrogen (secondary N) is 1. The van der Waals surface area contributed by atoms with Crippen LogP contribution in [0.15, 0.2) is 36.5 Å². The molecule has 4 nitrogen and oxygen atoms in total. The molecule has 0 aliphatic rings. The third kappa shape index (κ3) is 2.84. The minimum absolute atomic E-state index is 0.349. The zero-order valence-corrected chi connectivity index (χ0v) is 10.7. The van der Waals surface area contributed by atoms with Crippen molar-refractivity contribution in [1.82, 2.24) is 9.97 Å². The first-order valence-corrected chi connectivity index (χ1v) is 6.08. The predicted octanol–water partition coefficient (Wildman–Crippen LogP) is 2.80. The maximum atomic E-state index is 5.54. The van der Waals surface area contributed by atoms with Crippen molar-refractivity contribution in [2.24, 2.45) is 5.73 Å². The van der Waals surface area contributed by atoms with Crippen LogP contribution in [0, 0.1) is 0 Å². The van der Waals surface area contributed by atoms with Crippen LogP contribution >= 0.6 is 0 Å². The topological polar surface area (TPSA) is 63.8 Å².